The van der Waals surface area contributed by atoms with E-state index in [1.54, 1.807) is 0 Å². The van der Waals surface area contributed by atoms with Gasteiger partial charge in [-0.05, 0) is 19.3 Å². The van der Waals surface area contributed by atoms with Crippen LogP contribution in [0.5, 0.6) is 0 Å². The van der Waals surface area contributed by atoms with Crippen molar-refractivity contribution in [2.75, 3.05) is 19.8 Å². The zero-order valence-corrected chi connectivity index (χ0v) is 14.9. The van der Waals surface area contributed by atoms with E-state index in [0.717, 1.165) is 26.1 Å². The van der Waals surface area contributed by atoms with Gasteiger partial charge in [0.1, 0.15) is 0 Å². The average molecular weight is 339 g/mol. The van der Waals surface area contributed by atoms with Crippen LogP contribution in [-0.4, -0.2) is 32.8 Å². The number of rotatable bonds is 17. The first-order chi connectivity index (χ1) is 10.6. The van der Waals surface area contributed by atoms with Gasteiger partial charge in [0.2, 0.25) is 0 Å². The molecule has 0 amide bonds. The molecule has 0 atom stereocenters. The average Bonchev–Trinajstić information content (AvgIpc) is 2.45. The quantitative estimate of drug-likeness (QED) is 0.312. The molecule has 0 aromatic rings. The zero-order chi connectivity index (χ0) is 16.5. The molecule has 0 aliphatic carbocycles. The van der Waals surface area contributed by atoms with Crippen molar-refractivity contribution in [3.8, 4) is 0 Å². The molecule has 0 heterocycles. The molecule has 0 unspecified atom stereocenters. The highest BCUT2D eigenvalue weighted by Crippen LogP contribution is 2.11. The largest absolute Gasteiger partial charge is 0.397 e. The van der Waals surface area contributed by atoms with Gasteiger partial charge in [-0.25, -0.2) is 4.18 Å². The summed E-state index contributed by atoms with van der Waals surface area (Å²) in [6.45, 7) is 4.08. The summed E-state index contributed by atoms with van der Waals surface area (Å²) in [7, 11) is -4.25. The predicted molar refractivity (Wildman–Crippen MR) is 89.4 cm³/mol. The fourth-order valence-electron chi connectivity index (χ4n) is 2.23. The van der Waals surface area contributed by atoms with E-state index in [9.17, 15) is 8.42 Å². The first-order valence-electron chi connectivity index (χ1n) is 8.76. The van der Waals surface area contributed by atoms with Gasteiger partial charge in [0.25, 0.3) is 0 Å². The first-order valence-corrected chi connectivity index (χ1v) is 10.1. The summed E-state index contributed by atoms with van der Waals surface area (Å²) in [6, 6.07) is 0. The molecule has 22 heavy (non-hydrogen) atoms. The first kappa shape index (κ1) is 21.8. The van der Waals surface area contributed by atoms with Crippen molar-refractivity contribution in [2.24, 2.45) is 0 Å². The monoisotopic (exact) mass is 338 g/mol. The standard InChI is InChI=1S/C16H34O5S/c1-2-3-14-20-15-12-10-8-6-4-5-7-9-11-13-16-21-22(17,18)19/h2-16H2,1H3,(H,17,18,19). The van der Waals surface area contributed by atoms with E-state index in [1.807, 2.05) is 0 Å². The predicted octanol–water partition coefficient (Wildman–Crippen LogP) is 4.52. The van der Waals surface area contributed by atoms with Crippen LogP contribution in [0.2, 0.25) is 0 Å². The maximum absolute atomic E-state index is 10.3. The van der Waals surface area contributed by atoms with Gasteiger partial charge in [0.15, 0.2) is 0 Å². The van der Waals surface area contributed by atoms with Gasteiger partial charge < -0.3 is 4.74 Å². The van der Waals surface area contributed by atoms with E-state index >= 15 is 0 Å². The van der Waals surface area contributed by atoms with Crippen LogP contribution in [0.1, 0.15) is 84.0 Å². The molecule has 0 saturated heterocycles. The number of hydrogen-bond acceptors (Lipinski definition) is 4. The Labute approximate surface area is 136 Å². The third-order valence-corrected chi connectivity index (χ3v) is 4.02. The van der Waals surface area contributed by atoms with Crippen molar-refractivity contribution in [3.05, 3.63) is 0 Å². The summed E-state index contributed by atoms with van der Waals surface area (Å²) in [5.41, 5.74) is 0. The molecule has 0 saturated carbocycles. The zero-order valence-electron chi connectivity index (χ0n) is 14.1. The second kappa shape index (κ2) is 15.7. The van der Waals surface area contributed by atoms with Gasteiger partial charge in [0.05, 0.1) is 6.61 Å². The van der Waals surface area contributed by atoms with E-state index in [2.05, 4.69) is 11.1 Å². The maximum atomic E-state index is 10.3. The highest BCUT2D eigenvalue weighted by Gasteiger charge is 2.02. The minimum Gasteiger partial charge on any atom is -0.381 e. The molecule has 0 aliphatic heterocycles. The summed E-state index contributed by atoms with van der Waals surface area (Å²) in [5.74, 6) is 0. The van der Waals surface area contributed by atoms with Crippen LogP contribution in [0.4, 0.5) is 0 Å². The van der Waals surface area contributed by atoms with Crippen molar-refractivity contribution in [1.29, 1.82) is 0 Å². The molecule has 0 rings (SSSR count). The minimum absolute atomic E-state index is 0.0825. The van der Waals surface area contributed by atoms with Crippen molar-refractivity contribution in [3.63, 3.8) is 0 Å². The fourth-order valence-corrected chi connectivity index (χ4v) is 2.56. The molecule has 0 aromatic heterocycles. The van der Waals surface area contributed by atoms with Crippen molar-refractivity contribution >= 4 is 10.4 Å². The minimum atomic E-state index is -4.25. The Hall–Kier alpha value is -0.170. The Kier molecular flexibility index (Phi) is 15.6. The summed E-state index contributed by atoms with van der Waals surface area (Å²) in [4.78, 5) is 0. The van der Waals surface area contributed by atoms with E-state index in [1.165, 1.54) is 57.8 Å². The van der Waals surface area contributed by atoms with E-state index < -0.39 is 10.4 Å². The second-order valence-corrected chi connectivity index (χ2v) is 6.84. The van der Waals surface area contributed by atoms with Crippen molar-refractivity contribution in [2.45, 2.75) is 84.0 Å². The Balaban J connectivity index is 3.03. The lowest BCUT2D eigenvalue weighted by molar-refractivity contribution is 0.127. The van der Waals surface area contributed by atoms with Gasteiger partial charge in [-0.3, -0.25) is 4.55 Å². The van der Waals surface area contributed by atoms with E-state index in [4.69, 9.17) is 9.29 Å². The van der Waals surface area contributed by atoms with Gasteiger partial charge >= 0.3 is 10.4 Å². The molecule has 0 fully saturated rings. The van der Waals surface area contributed by atoms with E-state index in [0.29, 0.717) is 6.42 Å². The highest BCUT2D eigenvalue weighted by molar-refractivity contribution is 7.80. The van der Waals surface area contributed by atoms with Crippen LogP contribution in [0.3, 0.4) is 0 Å². The molecule has 1 N–H and O–H groups in total. The van der Waals surface area contributed by atoms with Crippen LogP contribution in [0.15, 0.2) is 0 Å². The normalized spacial score (nSPS) is 11.9. The second-order valence-electron chi connectivity index (χ2n) is 5.75. The third kappa shape index (κ3) is 19.8. The van der Waals surface area contributed by atoms with Gasteiger partial charge in [0, 0.05) is 13.2 Å². The number of hydrogen-bond donors (Lipinski definition) is 1. The molecular weight excluding hydrogens is 304 g/mol. The third-order valence-electron chi connectivity index (χ3n) is 3.56. The Bertz CT molecular complexity index is 316. The van der Waals surface area contributed by atoms with Crippen LogP contribution >= 0.6 is 0 Å². The molecule has 5 nitrogen and oxygen atoms in total. The Morgan fingerprint density at radius 2 is 1.09 bits per heavy atom. The van der Waals surface area contributed by atoms with Crippen LogP contribution in [0, 0.1) is 0 Å². The van der Waals surface area contributed by atoms with Crippen LogP contribution in [-0.2, 0) is 19.3 Å². The Morgan fingerprint density at radius 3 is 1.55 bits per heavy atom. The van der Waals surface area contributed by atoms with Crippen LogP contribution < -0.4 is 0 Å². The summed E-state index contributed by atoms with van der Waals surface area (Å²) >= 11 is 0. The lowest BCUT2D eigenvalue weighted by atomic mass is 10.1. The molecule has 0 bridgehead atoms. The smallest absolute Gasteiger partial charge is 0.381 e. The topological polar surface area (TPSA) is 72.8 Å². The van der Waals surface area contributed by atoms with Gasteiger partial charge in [-0.1, -0.05) is 64.7 Å². The number of ether oxygens (including phenoxy) is 1. The Morgan fingerprint density at radius 1 is 0.682 bits per heavy atom. The number of unbranched alkanes of at least 4 members (excludes halogenated alkanes) is 10. The maximum Gasteiger partial charge on any atom is 0.397 e. The van der Waals surface area contributed by atoms with Gasteiger partial charge in [-0.2, -0.15) is 8.42 Å². The molecule has 6 heteroatoms. The lowest BCUT2D eigenvalue weighted by Gasteiger charge is -2.04. The molecule has 0 aromatic carbocycles. The highest BCUT2D eigenvalue weighted by atomic mass is 32.3. The van der Waals surface area contributed by atoms with E-state index in [-0.39, 0.29) is 6.61 Å². The summed E-state index contributed by atoms with van der Waals surface area (Å²) < 4.78 is 38.8. The molecule has 0 radical (unpaired) electrons. The van der Waals surface area contributed by atoms with Crippen molar-refractivity contribution < 1.29 is 21.9 Å². The SMILES string of the molecule is CCCCOCCCCCCCCCCCCOS(=O)(=O)O. The molecule has 134 valence electrons. The van der Waals surface area contributed by atoms with Gasteiger partial charge in [-0.15, -0.1) is 0 Å². The molecular formula is C16H34O5S. The summed E-state index contributed by atoms with van der Waals surface area (Å²) in [5, 5.41) is 0. The lowest BCUT2D eigenvalue weighted by Crippen LogP contribution is -2.04. The summed E-state index contributed by atoms with van der Waals surface area (Å²) in [6.07, 6.45) is 13.8. The molecule has 0 aliphatic rings. The van der Waals surface area contributed by atoms with Crippen LogP contribution in [0.25, 0.3) is 0 Å². The fraction of sp³-hybridized carbons (Fsp3) is 1.00. The molecule has 0 spiro atoms. The van der Waals surface area contributed by atoms with Crippen molar-refractivity contribution in [1.82, 2.24) is 0 Å².